The average molecular weight is 427 g/mol. The van der Waals surface area contributed by atoms with Gasteiger partial charge in [0.1, 0.15) is 23.1 Å². The normalized spacial score (nSPS) is 12.9. The summed E-state index contributed by atoms with van der Waals surface area (Å²) in [5.41, 5.74) is 1.87. The van der Waals surface area contributed by atoms with Gasteiger partial charge in [-0.3, -0.25) is 9.59 Å². The molecule has 3 N–H and O–H groups in total. The van der Waals surface area contributed by atoms with E-state index in [1.165, 1.54) is 0 Å². The Kier molecular flexibility index (Phi) is 7.19. The van der Waals surface area contributed by atoms with Crippen molar-refractivity contribution >= 4 is 40.6 Å². The van der Waals surface area contributed by atoms with E-state index in [4.69, 9.17) is 11.6 Å². The van der Waals surface area contributed by atoms with Crippen LogP contribution in [0.15, 0.2) is 48.7 Å². The second-order valence-electron chi connectivity index (χ2n) is 7.00. The molecule has 2 heterocycles. The van der Waals surface area contributed by atoms with Gasteiger partial charge in [0.2, 0.25) is 5.91 Å². The standard InChI is InChI=1S/C22H23ClN4O3/c1-2-8-24-21(29)16(13-28)17(9-14-6-4-3-5-7-14)27-22(30)18-10-15-11-20(23)25-12-19(15)26-18/h3-7,10-13,16-17,26H,2,8-9H2,1H3,(H,24,29)(H,27,30)/t16?,17-/m0/s1. The van der Waals surface area contributed by atoms with Crippen molar-refractivity contribution in [2.24, 2.45) is 5.92 Å². The molecular weight excluding hydrogens is 404 g/mol. The van der Waals surface area contributed by atoms with Crippen molar-refractivity contribution in [1.29, 1.82) is 0 Å². The predicted octanol–water partition coefficient (Wildman–Crippen LogP) is 2.90. The Bertz CT molecular complexity index is 1040. The first-order valence-corrected chi connectivity index (χ1v) is 10.1. The van der Waals surface area contributed by atoms with Crippen molar-refractivity contribution in [1.82, 2.24) is 20.6 Å². The number of hydrogen-bond acceptors (Lipinski definition) is 4. The number of H-pyrrole nitrogens is 1. The quantitative estimate of drug-likeness (QED) is 0.278. The number of hydrogen-bond donors (Lipinski definition) is 3. The van der Waals surface area contributed by atoms with Gasteiger partial charge in [-0.25, -0.2) is 4.98 Å². The molecule has 2 atom stereocenters. The van der Waals surface area contributed by atoms with Crippen molar-refractivity contribution < 1.29 is 14.4 Å². The summed E-state index contributed by atoms with van der Waals surface area (Å²) in [4.78, 5) is 44.2. The molecule has 8 heteroatoms. The number of halogens is 1. The highest BCUT2D eigenvalue weighted by Crippen LogP contribution is 2.18. The number of aromatic nitrogens is 2. The highest BCUT2D eigenvalue weighted by molar-refractivity contribution is 6.30. The molecule has 0 saturated heterocycles. The van der Waals surface area contributed by atoms with E-state index in [9.17, 15) is 14.4 Å². The third-order valence-corrected chi connectivity index (χ3v) is 4.97. The first-order chi connectivity index (χ1) is 14.5. The maximum absolute atomic E-state index is 12.9. The molecule has 0 aliphatic rings. The highest BCUT2D eigenvalue weighted by Gasteiger charge is 2.30. The zero-order valence-corrected chi connectivity index (χ0v) is 17.3. The minimum Gasteiger partial charge on any atom is -0.355 e. The van der Waals surface area contributed by atoms with Crippen LogP contribution >= 0.6 is 11.6 Å². The van der Waals surface area contributed by atoms with E-state index in [1.807, 2.05) is 37.3 Å². The lowest BCUT2D eigenvalue weighted by molar-refractivity contribution is -0.130. The fraction of sp³-hybridized carbons (Fsp3) is 0.273. The molecule has 3 rings (SSSR count). The van der Waals surface area contributed by atoms with Gasteiger partial charge in [-0.2, -0.15) is 0 Å². The number of nitrogens with zero attached hydrogens (tertiary/aromatic N) is 1. The van der Waals surface area contributed by atoms with Gasteiger partial charge in [0.25, 0.3) is 5.91 Å². The molecule has 1 aromatic carbocycles. The number of benzene rings is 1. The summed E-state index contributed by atoms with van der Waals surface area (Å²) in [6.07, 6.45) is 3.22. The van der Waals surface area contributed by atoms with Crippen LogP contribution in [0, 0.1) is 5.92 Å². The van der Waals surface area contributed by atoms with E-state index in [1.54, 1.807) is 18.3 Å². The number of amides is 2. The largest absolute Gasteiger partial charge is 0.355 e. The van der Waals surface area contributed by atoms with Gasteiger partial charge in [-0.05, 0) is 30.5 Å². The first kappa shape index (κ1) is 21.5. The third kappa shape index (κ3) is 5.24. The molecule has 0 bridgehead atoms. The molecule has 1 unspecified atom stereocenters. The zero-order chi connectivity index (χ0) is 21.5. The van der Waals surface area contributed by atoms with Crippen LogP contribution in [0.3, 0.4) is 0 Å². The van der Waals surface area contributed by atoms with Crippen molar-refractivity contribution in [3.63, 3.8) is 0 Å². The van der Waals surface area contributed by atoms with Gasteiger partial charge in [0.15, 0.2) is 0 Å². The lowest BCUT2D eigenvalue weighted by Gasteiger charge is -2.23. The lowest BCUT2D eigenvalue weighted by Crippen LogP contribution is -2.49. The molecule has 0 aliphatic heterocycles. The number of rotatable bonds is 9. The van der Waals surface area contributed by atoms with Crippen molar-refractivity contribution in [3.8, 4) is 0 Å². The number of pyridine rings is 1. The number of fused-ring (bicyclic) bond motifs is 1. The highest BCUT2D eigenvalue weighted by atomic mass is 35.5. The van der Waals surface area contributed by atoms with Crippen LogP contribution in [0.25, 0.3) is 10.9 Å². The SMILES string of the molecule is CCCNC(=O)C(C=O)[C@H](Cc1ccccc1)NC(=O)c1cc2cc(Cl)ncc2[nH]1. The Balaban J connectivity index is 1.84. The summed E-state index contributed by atoms with van der Waals surface area (Å²) in [7, 11) is 0. The van der Waals surface area contributed by atoms with Crippen LogP contribution in [0.5, 0.6) is 0 Å². The Hall–Kier alpha value is -3.19. The average Bonchev–Trinajstić information content (AvgIpc) is 3.16. The zero-order valence-electron chi connectivity index (χ0n) is 16.5. The summed E-state index contributed by atoms with van der Waals surface area (Å²) in [5.74, 6) is -1.83. The van der Waals surface area contributed by atoms with Crippen LogP contribution in [0.4, 0.5) is 0 Å². The Morgan fingerprint density at radius 3 is 2.70 bits per heavy atom. The molecule has 2 amide bonds. The second kappa shape index (κ2) is 10.0. The van der Waals surface area contributed by atoms with E-state index in [2.05, 4.69) is 20.6 Å². The summed E-state index contributed by atoms with van der Waals surface area (Å²) < 4.78 is 0. The van der Waals surface area contributed by atoms with Crippen molar-refractivity contribution in [2.45, 2.75) is 25.8 Å². The van der Waals surface area contributed by atoms with Gasteiger partial charge < -0.3 is 20.4 Å². The Labute approximate surface area is 179 Å². The molecule has 0 aliphatic carbocycles. The van der Waals surface area contributed by atoms with Crippen LogP contribution in [-0.4, -0.2) is 40.7 Å². The topological polar surface area (TPSA) is 104 Å². The van der Waals surface area contributed by atoms with Crippen LogP contribution in [-0.2, 0) is 16.0 Å². The maximum Gasteiger partial charge on any atom is 0.267 e. The minimum atomic E-state index is -1.01. The van der Waals surface area contributed by atoms with Gasteiger partial charge >= 0.3 is 0 Å². The smallest absolute Gasteiger partial charge is 0.267 e. The molecule has 30 heavy (non-hydrogen) atoms. The van der Waals surface area contributed by atoms with Gasteiger partial charge in [0, 0.05) is 11.9 Å². The van der Waals surface area contributed by atoms with Crippen molar-refractivity contribution in [3.05, 3.63) is 65.1 Å². The van der Waals surface area contributed by atoms with Crippen LogP contribution in [0.1, 0.15) is 29.4 Å². The van der Waals surface area contributed by atoms with Gasteiger partial charge in [-0.15, -0.1) is 0 Å². The Morgan fingerprint density at radius 2 is 2.00 bits per heavy atom. The molecule has 0 fully saturated rings. The molecule has 0 saturated carbocycles. The molecule has 0 radical (unpaired) electrons. The minimum absolute atomic E-state index is 0.297. The van der Waals surface area contributed by atoms with Gasteiger partial charge in [-0.1, -0.05) is 48.9 Å². The maximum atomic E-state index is 12.9. The fourth-order valence-corrected chi connectivity index (χ4v) is 3.38. The molecular formula is C22H23ClN4O3. The van der Waals surface area contributed by atoms with E-state index in [0.29, 0.717) is 35.6 Å². The molecule has 156 valence electrons. The number of aldehydes is 1. The number of carbonyl (C=O) groups is 3. The van der Waals surface area contributed by atoms with E-state index in [-0.39, 0.29) is 0 Å². The first-order valence-electron chi connectivity index (χ1n) is 9.74. The number of carbonyl (C=O) groups excluding carboxylic acids is 3. The monoisotopic (exact) mass is 426 g/mol. The summed E-state index contributed by atoms with van der Waals surface area (Å²) in [5, 5.41) is 6.65. The van der Waals surface area contributed by atoms with E-state index in [0.717, 1.165) is 17.4 Å². The van der Waals surface area contributed by atoms with E-state index < -0.39 is 23.8 Å². The number of nitrogens with one attached hydrogen (secondary N) is 3. The second-order valence-corrected chi connectivity index (χ2v) is 7.39. The molecule has 3 aromatic rings. The summed E-state index contributed by atoms with van der Waals surface area (Å²) >= 11 is 5.91. The van der Waals surface area contributed by atoms with Crippen molar-refractivity contribution in [2.75, 3.05) is 6.54 Å². The lowest BCUT2D eigenvalue weighted by atomic mass is 9.93. The third-order valence-electron chi connectivity index (χ3n) is 4.76. The van der Waals surface area contributed by atoms with Crippen LogP contribution < -0.4 is 10.6 Å². The summed E-state index contributed by atoms with van der Waals surface area (Å²) in [6.45, 7) is 2.39. The van der Waals surface area contributed by atoms with Crippen LogP contribution in [0.2, 0.25) is 5.15 Å². The number of aromatic amines is 1. The Morgan fingerprint density at radius 1 is 1.23 bits per heavy atom. The van der Waals surface area contributed by atoms with Gasteiger partial charge in [0.05, 0.1) is 17.8 Å². The van der Waals surface area contributed by atoms with E-state index >= 15 is 0 Å². The summed E-state index contributed by atoms with van der Waals surface area (Å²) in [6, 6.07) is 12.0. The molecule has 2 aromatic heterocycles. The molecule has 0 spiro atoms. The predicted molar refractivity (Wildman–Crippen MR) is 115 cm³/mol. The fourth-order valence-electron chi connectivity index (χ4n) is 3.21. The molecule has 7 nitrogen and oxygen atoms in total.